The van der Waals surface area contributed by atoms with E-state index in [9.17, 15) is 14.4 Å². The summed E-state index contributed by atoms with van der Waals surface area (Å²) in [6, 6.07) is 6.57. The predicted molar refractivity (Wildman–Crippen MR) is 86.7 cm³/mol. The zero-order valence-corrected chi connectivity index (χ0v) is 13.2. The number of imide groups is 1. The first kappa shape index (κ1) is 15.6. The van der Waals surface area contributed by atoms with Gasteiger partial charge in [-0.2, -0.15) is 10.1 Å². The number of benzene rings is 1. The number of carboxylic acids is 1. The minimum Gasteiger partial charge on any atom is -0.482 e. The molecule has 0 spiro atoms. The highest BCUT2D eigenvalue weighted by molar-refractivity contribution is 6.06. The maximum absolute atomic E-state index is 12.5. The first-order valence-corrected chi connectivity index (χ1v) is 8.09. The molecule has 128 valence electrons. The molecule has 25 heavy (non-hydrogen) atoms. The van der Waals surface area contributed by atoms with Crippen molar-refractivity contribution < 1.29 is 24.2 Å². The van der Waals surface area contributed by atoms with Gasteiger partial charge in [0.1, 0.15) is 5.75 Å². The van der Waals surface area contributed by atoms with Crippen LogP contribution in [0.4, 0.5) is 0 Å². The highest BCUT2D eigenvalue weighted by Gasteiger charge is 2.59. The average Bonchev–Trinajstić information content (AvgIpc) is 3.27. The number of ether oxygens (including phenoxy) is 1. The molecule has 2 amide bonds. The fourth-order valence-corrected chi connectivity index (χ4v) is 3.92. The van der Waals surface area contributed by atoms with E-state index in [-0.39, 0.29) is 35.5 Å². The molecular formula is C18H16N2O5. The second-order valence-electron chi connectivity index (χ2n) is 6.48. The Hall–Kier alpha value is -2.96. The van der Waals surface area contributed by atoms with Gasteiger partial charge in [-0.1, -0.05) is 12.2 Å². The van der Waals surface area contributed by atoms with Crippen molar-refractivity contribution in [2.75, 3.05) is 6.61 Å². The van der Waals surface area contributed by atoms with E-state index in [1.807, 2.05) is 12.2 Å². The molecule has 7 heteroatoms. The molecule has 3 aliphatic rings. The molecule has 1 aliphatic heterocycles. The highest BCUT2D eigenvalue weighted by Crippen LogP contribution is 2.52. The molecule has 0 radical (unpaired) electrons. The Morgan fingerprint density at radius 1 is 1.16 bits per heavy atom. The molecule has 7 nitrogen and oxygen atoms in total. The predicted octanol–water partition coefficient (Wildman–Crippen LogP) is 1.29. The van der Waals surface area contributed by atoms with Crippen molar-refractivity contribution in [2.24, 2.45) is 28.8 Å². The minimum absolute atomic E-state index is 0.164. The Morgan fingerprint density at radius 2 is 1.76 bits per heavy atom. The summed E-state index contributed by atoms with van der Waals surface area (Å²) >= 11 is 0. The summed E-state index contributed by atoms with van der Waals surface area (Å²) in [5, 5.41) is 13.7. The molecule has 1 aromatic carbocycles. The molecule has 4 atom stereocenters. The highest BCUT2D eigenvalue weighted by atomic mass is 16.5. The quantitative estimate of drug-likeness (QED) is 0.495. The fourth-order valence-electron chi connectivity index (χ4n) is 3.92. The largest absolute Gasteiger partial charge is 0.482 e. The second kappa shape index (κ2) is 5.84. The van der Waals surface area contributed by atoms with Gasteiger partial charge in [0.05, 0.1) is 18.1 Å². The van der Waals surface area contributed by atoms with Gasteiger partial charge in [-0.05, 0) is 48.1 Å². The summed E-state index contributed by atoms with van der Waals surface area (Å²) in [4.78, 5) is 35.5. The standard InChI is InChI=1S/C18H16N2O5/c21-14(22)9-25-13-5-1-10(2-6-13)8-19-20-17(23)15-11-3-4-12(7-11)16(15)18(20)24/h1-6,8,11-12,15-16H,7,9H2,(H,21,22)/b19-8-/t11-,12-,15-,16-/m0/s1. The fraction of sp³-hybridized carbons (Fsp3) is 0.333. The number of carbonyl (C=O) groups excluding carboxylic acids is 2. The number of allylic oxidation sites excluding steroid dienone is 2. The van der Waals surface area contributed by atoms with Crippen LogP contribution in [-0.4, -0.2) is 40.7 Å². The summed E-state index contributed by atoms with van der Waals surface area (Å²) in [5.41, 5.74) is 0.682. The molecule has 1 saturated heterocycles. The third-order valence-corrected chi connectivity index (χ3v) is 5.01. The smallest absolute Gasteiger partial charge is 0.341 e. The van der Waals surface area contributed by atoms with Crippen molar-refractivity contribution in [1.29, 1.82) is 0 Å². The second-order valence-corrected chi connectivity index (χ2v) is 6.48. The lowest BCUT2D eigenvalue weighted by molar-refractivity contribution is -0.141. The molecule has 2 bridgehead atoms. The van der Waals surface area contributed by atoms with Crippen LogP contribution in [0.3, 0.4) is 0 Å². The zero-order valence-electron chi connectivity index (χ0n) is 13.2. The molecule has 0 aromatic heterocycles. The van der Waals surface area contributed by atoms with E-state index in [1.165, 1.54) is 6.21 Å². The van der Waals surface area contributed by atoms with Crippen LogP contribution in [-0.2, 0) is 14.4 Å². The third-order valence-electron chi connectivity index (χ3n) is 5.01. The molecule has 4 rings (SSSR count). The van der Waals surface area contributed by atoms with Crippen LogP contribution < -0.4 is 4.74 Å². The molecule has 1 N–H and O–H groups in total. The van der Waals surface area contributed by atoms with Gasteiger partial charge < -0.3 is 9.84 Å². The average molecular weight is 340 g/mol. The number of hydrogen-bond donors (Lipinski definition) is 1. The van der Waals surface area contributed by atoms with E-state index >= 15 is 0 Å². The van der Waals surface area contributed by atoms with Crippen molar-refractivity contribution >= 4 is 24.0 Å². The SMILES string of the molecule is O=C(O)COc1ccc(/C=N\N2C(=O)[C@@H]3[C@@H](C2=O)[C@H]2C=C[C@H]3C2)cc1. The lowest BCUT2D eigenvalue weighted by Crippen LogP contribution is -2.28. The van der Waals surface area contributed by atoms with Gasteiger partial charge in [-0.3, -0.25) is 9.59 Å². The molecule has 2 aliphatic carbocycles. The van der Waals surface area contributed by atoms with E-state index in [4.69, 9.17) is 9.84 Å². The van der Waals surface area contributed by atoms with Crippen molar-refractivity contribution in [3.63, 3.8) is 0 Å². The molecule has 0 unspecified atom stereocenters. The van der Waals surface area contributed by atoms with Gasteiger partial charge in [0, 0.05) is 0 Å². The number of rotatable bonds is 5. The van der Waals surface area contributed by atoms with Crippen molar-refractivity contribution in [3.05, 3.63) is 42.0 Å². The van der Waals surface area contributed by atoms with Crippen LogP contribution in [0.25, 0.3) is 0 Å². The summed E-state index contributed by atoms with van der Waals surface area (Å²) in [6.07, 6.45) is 6.43. The van der Waals surface area contributed by atoms with Crippen molar-refractivity contribution in [2.45, 2.75) is 6.42 Å². The number of hydrazone groups is 1. The lowest BCUT2D eigenvalue weighted by atomic mass is 9.85. The van der Waals surface area contributed by atoms with Crippen LogP contribution in [0.5, 0.6) is 5.75 Å². The number of amides is 2. The topological polar surface area (TPSA) is 96.3 Å². The maximum Gasteiger partial charge on any atom is 0.341 e. The van der Waals surface area contributed by atoms with Gasteiger partial charge in [0.25, 0.3) is 11.8 Å². The summed E-state index contributed by atoms with van der Waals surface area (Å²) < 4.78 is 5.05. The molecule has 2 fully saturated rings. The number of hydrogen-bond acceptors (Lipinski definition) is 5. The monoisotopic (exact) mass is 340 g/mol. The van der Waals surface area contributed by atoms with Crippen LogP contribution in [0, 0.1) is 23.7 Å². The third kappa shape index (κ3) is 2.61. The van der Waals surface area contributed by atoms with Gasteiger partial charge in [0.15, 0.2) is 6.61 Å². The normalized spacial score (nSPS) is 29.7. The summed E-state index contributed by atoms with van der Waals surface area (Å²) in [7, 11) is 0. The Kier molecular flexibility index (Phi) is 3.63. The van der Waals surface area contributed by atoms with E-state index in [2.05, 4.69) is 5.10 Å². The molecule has 1 heterocycles. The van der Waals surface area contributed by atoms with Crippen LogP contribution in [0.1, 0.15) is 12.0 Å². The van der Waals surface area contributed by atoms with Crippen molar-refractivity contribution in [1.82, 2.24) is 5.01 Å². The van der Waals surface area contributed by atoms with Gasteiger partial charge in [0.2, 0.25) is 0 Å². The molecule has 1 aromatic rings. The van der Waals surface area contributed by atoms with Crippen LogP contribution in [0.15, 0.2) is 41.5 Å². The van der Waals surface area contributed by atoms with E-state index < -0.39 is 12.6 Å². The maximum atomic E-state index is 12.5. The number of aliphatic carboxylic acids is 1. The number of carboxylic acid groups (broad SMARTS) is 1. The summed E-state index contributed by atoms with van der Waals surface area (Å²) in [5.74, 6) is -1.25. The Labute approximate surface area is 143 Å². The lowest BCUT2D eigenvalue weighted by Gasteiger charge is -2.13. The molecular weight excluding hydrogens is 324 g/mol. The first-order chi connectivity index (χ1) is 12.0. The number of fused-ring (bicyclic) bond motifs is 5. The van der Waals surface area contributed by atoms with Gasteiger partial charge in [-0.25, -0.2) is 4.79 Å². The summed E-state index contributed by atoms with van der Waals surface area (Å²) in [6.45, 7) is -0.413. The van der Waals surface area contributed by atoms with E-state index in [1.54, 1.807) is 24.3 Å². The number of carbonyl (C=O) groups is 3. The Bertz CT molecular complexity index is 768. The first-order valence-electron chi connectivity index (χ1n) is 8.09. The van der Waals surface area contributed by atoms with E-state index in [0.717, 1.165) is 11.4 Å². The van der Waals surface area contributed by atoms with Gasteiger partial charge in [-0.15, -0.1) is 0 Å². The van der Waals surface area contributed by atoms with E-state index in [0.29, 0.717) is 11.3 Å². The van der Waals surface area contributed by atoms with Gasteiger partial charge >= 0.3 is 5.97 Å². The Morgan fingerprint density at radius 3 is 2.32 bits per heavy atom. The minimum atomic E-state index is -1.05. The van der Waals surface area contributed by atoms with Crippen molar-refractivity contribution in [3.8, 4) is 5.75 Å². The van der Waals surface area contributed by atoms with Crippen LogP contribution in [0.2, 0.25) is 0 Å². The zero-order chi connectivity index (χ0) is 17.6. The molecule has 1 saturated carbocycles. The number of nitrogens with zero attached hydrogens (tertiary/aromatic N) is 2. The Balaban J connectivity index is 1.45. The van der Waals surface area contributed by atoms with Crippen LogP contribution >= 0.6 is 0 Å².